The number of aromatic nitrogens is 2. The second kappa shape index (κ2) is 6.56. The molecule has 3 nitrogen and oxygen atoms in total. The monoisotopic (exact) mass is 574 g/mol. The van der Waals surface area contributed by atoms with Gasteiger partial charge in [-0.15, -0.1) is 0 Å². The number of pyridine rings is 1. The fourth-order valence-corrected chi connectivity index (χ4v) is 5.06. The summed E-state index contributed by atoms with van der Waals surface area (Å²) in [7, 11) is 0. The number of para-hydroxylation sites is 1. The molecule has 2 aromatic heterocycles. The molecule has 0 atom stereocenters. The van der Waals surface area contributed by atoms with Gasteiger partial charge in [-0.25, -0.2) is 0 Å². The van der Waals surface area contributed by atoms with Gasteiger partial charge in [0.05, 0.1) is 16.6 Å². The first-order chi connectivity index (χ1) is 13.1. The molecular formula is C22H12I2N2O. The predicted molar refractivity (Wildman–Crippen MR) is 127 cm³/mol. The second-order valence-corrected chi connectivity index (χ2v) is 8.64. The van der Waals surface area contributed by atoms with Gasteiger partial charge >= 0.3 is 0 Å². The molecule has 0 unspecified atom stereocenters. The van der Waals surface area contributed by atoms with Crippen molar-refractivity contribution in [3.63, 3.8) is 0 Å². The summed E-state index contributed by atoms with van der Waals surface area (Å²) in [5.41, 5.74) is 3.55. The predicted octanol–water partition coefficient (Wildman–Crippen LogP) is 5.88. The number of benzene rings is 3. The van der Waals surface area contributed by atoms with Crippen LogP contribution >= 0.6 is 45.2 Å². The Bertz CT molecular complexity index is 1410. The summed E-state index contributed by atoms with van der Waals surface area (Å²) in [6, 6.07) is 24.3. The lowest BCUT2D eigenvalue weighted by Gasteiger charge is -2.17. The first-order valence-corrected chi connectivity index (χ1v) is 10.6. The van der Waals surface area contributed by atoms with E-state index in [2.05, 4.69) is 84.9 Å². The zero-order chi connectivity index (χ0) is 18.5. The topological polar surface area (TPSA) is 34.4 Å². The molecule has 27 heavy (non-hydrogen) atoms. The molecule has 2 heterocycles. The van der Waals surface area contributed by atoms with E-state index in [0.717, 1.165) is 34.7 Å². The highest BCUT2D eigenvalue weighted by Gasteiger charge is 2.18. The van der Waals surface area contributed by atoms with Crippen LogP contribution in [0, 0.1) is 7.14 Å². The lowest BCUT2D eigenvalue weighted by Crippen LogP contribution is -2.13. The van der Waals surface area contributed by atoms with Gasteiger partial charge in [0.15, 0.2) is 0 Å². The molecule has 0 saturated carbocycles. The van der Waals surface area contributed by atoms with Crippen LogP contribution in [0.4, 0.5) is 0 Å². The zero-order valence-electron chi connectivity index (χ0n) is 14.0. The minimum atomic E-state index is -0.189. The summed E-state index contributed by atoms with van der Waals surface area (Å²) in [5, 5.41) is 2.74. The fraction of sp³-hybridized carbons (Fsp3) is 0. The van der Waals surface area contributed by atoms with Gasteiger partial charge < -0.3 is 0 Å². The molecule has 0 N–H and O–H groups in total. The third-order valence-corrected chi connectivity index (χ3v) is 6.50. The van der Waals surface area contributed by atoms with Gasteiger partial charge in [0.1, 0.15) is 5.65 Å². The quantitative estimate of drug-likeness (QED) is 0.185. The number of nitrogens with zero attached hydrogens (tertiary/aromatic N) is 2. The molecule has 0 aliphatic rings. The maximum atomic E-state index is 12.7. The summed E-state index contributed by atoms with van der Waals surface area (Å²) in [4.78, 5) is 17.2. The molecule has 3 aromatic carbocycles. The zero-order valence-corrected chi connectivity index (χ0v) is 18.3. The first-order valence-electron chi connectivity index (χ1n) is 8.43. The number of fused-ring (bicyclic) bond motifs is 5. The Labute approximate surface area is 182 Å². The molecule has 0 radical (unpaired) electrons. The Morgan fingerprint density at radius 3 is 2.33 bits per heavy atom. The Morgan fingerprint density at radius 2 is 1.52 bits per heavy atom. The molecule has 5 aromatic rings. The van der Waals surface area contributed by atoms with Gasteiger partial charge in [-0.05, 0) is 75.0 Å². The van der Waals surface area contributed by atoms with Crippen LogP contribution in [-0.2, 0) is 0 Å². The van der Waals surface area contributed by atoms with Crippen LogP contribution in [0.5, 0.6) is 0 Å². The van der Waals surface area contributed by atoms with Gasteiger partial charge in [0.2, 0.25) is 0 Å². The van der Waals surface area contributed by atoms with Crippen LogP contribution < -0.4 is 5.56 Å². The van der Waals surface area contributed by atoms with E-state index in [1.807, 2.05) is 42.5 Å². The van der Waals surface area contributed by atoms with E-state index >= 15 is 0 Å². The number of hydrogen-bond donors (Lipinski definition) is 0. The van der Waals surface area contributed by atoms with E-state index in [9.17, 15) is 4.79 Å². The minimum Gasteiger partial charge on any atom is -0.292 e. The highest BCUT2D eigenvalue weighted by molar-refractivity contribution is 14.1. The maximum absolute atomic E-state index is 12.7. The third kappa shape index (κ3) is 2.67. The smallest absolute Gasteiger partial charge is 0.281 e. The average Bonchev–Trinajstić information content (AvgIpc) is 2.70. The SMILES string of the molecule is O=c1nc2c3cc(I)ccc3c(I)c(-c3ccccc3)n2c2ccccc12. The van der Waals surface area contributed by atoms with Gasteiger partial charge in [-0.3, -0.25) is 9.20 Å². The Balaban J connectivity index is 2.16. The second-order valence-electron chi connectivity index (χ2n) is 6.31. The minimum absolute atomic E-state index is 0.189. The van der Waals surface area contributed by atoms with Crippen molar-refractivity contribution in [3.05, 3.63) is 90.3 Å². The van der Waals surface area contributed by atoms with Crippen molar-refractivity contribution in [2.45, 2.75) is 0 Å². The number of halogens is 2. The molecule has 0 amide bonds. The van der Waals surface area contributed by atoms with Crippen LogP contribution in [-0.4, -0.2) is 9.38 Å². The van der Waals surface area contributed by atoms with Gasteiger partial charge in [0, 0.05) is 17.9 Å². The molecule has 130 valence electrons. The molecule has 0 fully saturated rings. The van der Waals surface area contributed by atoms with Crippen molar-refractivity contribution in [2.75, 3.05) is 0 Å². The summed E-state index contributed by atoms with van der Waals surface area (Å²) >= 11 is 4.72. The Kier molecular flexibility index (Phi) is 4.16. The maximum Gasteiger partial charge on any atom is 0.281 e. The molecule has 5 heteroatoms. The Hall–Kier alpha value is -2.00. The molecule has 0 bridgehead atoms. The van der Waals surface area contributed by atoms with Crippen molar-refractivity contribution in [1.82, 2.24) is 9.38 Å². The normalized spacial score (nSPS) is 11.5. The van der Waals surface area contributed by atoms with E-state index in [4.69, 9.17) is 0 Å². The van der Waals surface area contributed by atoms with E-state index in [1.54, 1.807) is 0 Å². The van der Waals surface area contributed by atoms with Crippen molar-refractivity contribution in [1.29, 1.82) is 0 Å². The van der Waals surface area contributed by atoms with E-state index in [1.165, 1.54) is 0 Å². The first kappa shape index (κ1) is 17.1. The van der Waals surface area contributed by atoms with Crippen molar-refractivity contribution >= 4 is 72.5 Å². The highest BCUT2D eigenvalue weighted by atomic mass is 127. The van der Waals surface area contributed by atoms with Crippen molar-refractivity contribution < 1.29 is 0 Å². The third-order valence-electron chi connectivity index (χ3n) is 4.73. The van der Waals surface area contributed by atoms with E-state index < -0.39 is 0 Å². The lowest BCUT2D eigenvalue weighted by molar-refractivity contribution is 1.15. The van der Waals surface area contributed by atoms with Gasteiger partial charge in [0.25, 0.3) is 5.56 Å². The van der Waals surface area contributed by atoms with Crippen molar-refractivity contribution in [3.8, 4) is 11.3 Å². The van der Waals surface area contributed by atoms with Crippen LogP contribution in [0.3, 0.4) is 0 Å². The highest BCUT2D eigenvalue weighted by Crippen LogP contribution is 2.35. The van der Waals surface area contributed by atoms with E-state index in [0.29, 0.717) is 11.0 Å². The molecule has 0 spiro atoms. The summed E-state index contributed by atoms with van der Waals surface area (Å²) in [6.45, 7) is 0. The summed E-state index contributed by atoms with van der Waals surface area (Å²) < 4.78 is 4.40. The van der Waals surface area contributed by atoms with Crippen molar-refractivity contribution in [2.24, 2.45) is 0 Å². The molecule has 5 rings (SSSR count). The largest absolute Gasteiger partial charge is 0.292 e. The summed E-state index contributed by atoms with van der Waals surface area (Å²) in [5.74, 6) is 0. The molecule has 0 aliphatic heterocycles. The summed E-state index contributed by atoms with van der Waals surface area (Å²) in [6.07, 6.45) is 0. The standard InChI is InChI=1S/C22H12I2N2O/c23-14-10-11-15-17(12-14)21-25-22(27)16-8-4-5-9-18(16)26(21)20(19(15)24)13-6-2-1-3-7-13/h1-12H. The molecule has 0 aliphatic carbocycles. The molecule has 0 saturated heterocycles. The lowest BCUT2D eigenvalue weighted by atomic mass is 10.1. The van der Waals surface area contributed by atoms with Crippen LogP contribution in [0.15, 0.2) is 77.6 Å². The van der Waals surface area contributed by atoms with Crippen LogP contribution in [0.25, 0.3) is 38.6 Å². The fourth-order valence-electron chi connectivity index (χ4n) is 3.55. The number of hydrogen-bond acceptors (Lipinski definition) is 2. The Morgan fingerprint density at radius 1 is 0.778 bits per heavy atom. The average molecular weight is 574 g/mol. The van der Waals surface area contributed by atoms with E-state index in [-0.39, 0.29) is 5.56 Å². The van der Waals surface area contributed by atoms with Crippen LogP contribution in [0.2, 0.25) is 0 Å². The molecular weight excluding hydrogens is 562 g/mol. The number of rotatable bonds is 1. The van der Waals surface area contributed by atoms with Crippen LogP contribution in [0.1, 0.15) is 0 Å². The van der Waals surface area contributed by atoms with Gasteiger partial charge in [-0.1, -0.05) is 48.5 Å². The van der Waals surface area contributed by atoms with Gasteiger partial charge in [-0.2, -0.15) is 4.98 Å².